The van der Waals surface area contributed by atoms with Crippen LogP contribution in [-0.2, 0) is 11.3 Å². The van der Waals surface area contributed by atoms with E-state index >= 15 is 0 Å². The summed E-state index contributed by atoms with van der Waals surface area (Å²) >= 11 is 11.9. The number of rotatable bonds is 4. The molecular formula is C15H12Cl2O3. The van der Waals surface area contributed by atoms with E-state index in [9.17, 15) is 4.79 Å². The minimum Gasteiger partial charge on any atom is -0.487 e. The second-order valence-electron chi connectivity index (χ2n) is 4.03. The summed E-state index contributed by atoms with van der Waals surface area (Å²) < 4.78 is 10.2. The number of methoxy groups -OCH3 is 1. The molecule has 5 heteroatoms. The van der Waals surface area contributed by atoms with Gasteiger partial charge in [-0.3, -0.25) is 0 Å². The molecule has 0 atom stereocenters. The maximum absolute atomic E-state index is 11.3. The van der Waals surface area contributed by atoms with Crippen LogP contribution in [0.5, 0.6) is 5.75 Å². The monoisotopic (exact) mass is 310 g/mol. The minimum atomic E-state index is -0.365. The molecule has 0 bridgehead atoms. The average molecular weight is 311 g/mol. The van der Waals surface area contributed by atoms with Gasteiger partial charge in [-0.25, -0.2) is 4.79 Å². The van der Waals surface area contributed by atoms with Crippen molar-refractivity contribution in [3.05, 3.63) is 63.6 Å². The van der Waals surface area contributed by atoms with Crippen molar-refractivity contribution in [3.8, 4) is 5.75 Å². The summed E-state index contributed by atoms with van der Waals surface area (Å²) in [6.07, 6.45) is 0. The summed E-state index contributed by atoms with van der Waals surface area (Å²) in [7, 11) is 1.35. The van der Waals surface area contributed by atoms with Gasteiger partial charge < -0.3 is 9.47 Å². The van der Waals surface area contributed by atoms with E-state index in [2.05, 4.69) is 4.74 Å². The smallest absolute Gasteiger partial charge is 0.337 e. The number of hydrogen-bond donors (Lipinski definition) is 0. The molecule has 2 rings (SSSR count). The van der Waals surface area contributed by atoms with Gasteiger partial charge in [0.15, 0.2) is 0 Å². The van der Waals surface area contributed by atoms with Gasteiger partial charge >= 0.3 is 5.97 Å². The molecule has 0 aliphatic heterocycles. The molecule has 0 aromatic heterocycles. The first-order valence-corrected chi connectivity index (χ1v) is 6.61. The molecule has 0 fully saturated rings. The summed E-state index contributed by atoms with van der Waals surface area (Å²) in [5.41, 5.74) is 1.41. The molecule has 0 unspecified atom stereocenters. The Kier molecular flexibility index (Phi) is 4.88. The van der Waals surface area contributed by atoms with E-state index < -0.39 is 0 Å². The van der Waals surface area contributed by atoms with Gasteiger partial charge in [0, 0.05) is 0 Å². The van der Waals surface area contributed by atoms with E-state index in [4.69, 9.17) is 27.9 Å². The van der Waals surface area contributed by atoms with Crippen LogP contribution in [0.1, 0.15) is 15.9 Å². The molecule has 0 heterocycles. The van der Waals surface area contributed by atoms with Crippen molar-refractivity contribution in [3.63, 3.8) is 0 Å². The van der Waals surface area contributed by atoms with Crippen LogP contribution in [0.4, 0.5) is 0 Å². The van der Waals surface area contributed by atoms with Crippen molar-refractivity contribution in [2.45, 2.75) is 6.61 Å². The van der Waals surface area contributed by atoms with Crippen molar-refractivity contribution in [2.75, 3.05) is 7.11 Å². The molecule has 0 amide bonds. The summed E-state index contributed by atoms with van der Waals surface area (Å²) in [5.74, 6) is 0.159. The van der Waals surface area contributed by atoms with Crippen LogP contribution in [0.2, 0.25) is 10.0 Å². The number of carbonyl (C=O) groups excluding carboxylic acids is 1. The van der Waals surface area contributed by atoms with E-state index in [0.29, 0.717) is 28.0 Å². The lowest BCUT2D eigenvalue weighted by molar-refractivity contribution is 0.0600. The van der Waals surface area contributed by atoms with Crippen molar-refractivity contribution < 1.29 is 14.3 Å². The highest BCUT2D eigenvalue weighted by atomic mass is 35.5. The summed E-state index contributed by atoms with van der Waals surface area (Å²) in [6.45, 7) is 0.335. The van der Waals surface area contributed by atoms with E-state index in [1.807, 2.05) is 0 Å². The normalized spacial score (nSPS) is 10.2. The Morgan fingerprint density at radius 2 is 1.80 bits per heavy atom. The third kappa shape index (κ3) is 3.44. The molecular weight excluding hydrogens is 299 g/mol. The van der Waals surface area contributed by atoms with Gasteiger partial charge in [-0.2, -0.15) is 0 Å². The highest BCUT2D eigenvalue weighted by Gasteiger charge is 2.07. The Bertz CT molecular complexity index is 609. The van der Waals surface area contributed by atoms with Crippen LogP contribution >= 0.6 is 23.2 Å². The van der Waals surface area contributed by atoms with E-state index in [0.717, 1.165) is 5.56 Å². The van der Waals surface area contributed by atoms with E-state index in [1.54, 1.807) is 42.5 Å². The molecule has 0 saturated heterocycles. The molecule has 2 aromatic carbocycles. The summed E-state index contributed by atoms with van der Waals surface area (Å²) in [5, 5.41) is 0.838. The van der Waals surface area contributed by atoms with Gasteiger partial charge in [-0.15, -0.1) is 0 Å². The average Bonchev–Trinajstić information content (AvgIpc) is 2.48. The standard InChI is InChI=1S/C15H12Cl2O3/c1-19-15(18)11-7-5-10(6-8-11)9-20-13-4-2-3-12(16)14(13)17/h2-8H,9H2,1H3. The molecule has 0 spiro atoms. The molecule has 0 radical (unpaired) electrons. The third-order valence-electron chi connectivity index (χ3n) is 2.69. The predicted octanol–water partition coefficient (Wildman–Crippen LogP) is 4.36. The van der Waals surface area contributed by atoms with Crippen molar-refractivity contribution in [1.29, 1.82) is 0 Å². The molecule has 3 nitrogen and oxygen atoms in total. The number of carbonyl (C=O) groups is 1. The molecule has 0 saturated carbocycles. The molecule has 2 aromatic rings. The van der Waals surface area contributed by atoms with Crippen LogP contribution in [0.15, 0.2) is 42.5 Å². The molecule has 104 valence electrons. The lowest BCUT2D eigenvalue weighted by Gasteiger charge is -2.09. The molecule has 0 aliphatic rings. The second kappa shape index (κ2) is 6.64. The Morgan fingerprint density at radius 1 is 1.10 bits per heavy atom. The van der Waals surface area contributed by atoms with Gasteiger partial charge in [0.25, 0.3) is 0 Å². The zero-order valence-corrected chi connectivity index (χ0v) is 12.2. The summed E-state index contributed by atoms with van der Waals surface area (Å²) in [4.78, 5) is 11.3. The molecule has 20 heavy (non-hydrogen) atoms. The number of esters is 1. The summed E-state index contributed by atoms with van der Waals surface area (Å²) in [6, 6.07) is 12.2. The Morgan fingerprint density at radius 3 is 2.45 bits per heavy atom. The zero-order valence-electron chi connectivity index (χ0n) is 10.7. The van der Waals surface area contributed by atoms with Gasteiger partial charge in [0.05, 0.1) is 17.7 Å². The van der Waals surface area contributed by atoms with Gasteiger partial charge in [-0.05, 0) is 29.8 Å². The highest BCUT2D eigenvalue weighted by molar-refractivity contribution is 6.42. The van der Waals surface area contributed by atoms with Crippen molar-refractivity contribution in [2.24, 2.45) is 0 Å². The van der Waals surface area contributed by atoms with E-state index in [-0.39, 0.29) is 5.97 Å². The number of ether oxygens (including phenoxy) is 2. The Hall–Kier alpha value is -1.71. The number of hydrogen-bond acceptors (Lipinski definition) is 3. The fraction of sp³-hybridized carbons (Fsp3) is 0.133. The van der Waals surface area contributed by atoms with Gasteiger partial charge in [-0.1, -0.05) is 41.4 Å². The van der Waals surface area contributed by atoms with Gasteiger partial charge in [0.1, 0.15) is 17.4 Å². The fourth-order valence-electron chi connectivity index (χ4n) is 1.61. The van der Waals surface area contributed by atoms with Crippen LogP contribution in [0.3, 0.4) is 0 Å². The minimum absolute atomic E-state index is 0.335. The third-order valence-corrected chi connectivity index (χ3v) is 3.49. The van der Waals surface area contributed by atoms with Gasteiger partial charge in [0.2, 0.25) is 0 Å². The van der Waals surface area contributed by atoms with Crippen molar-refractivity contribution in [1.82, 2.24) is 0 Å². The first-order chi connectivity index (χ1) is 9.61. The molecule has 0 aliphatic carbocycles. The fourth-order valence-corrected chi connectivity index (χ4v) is 1.96. The second-order valence-corrected chi connectivity index (χ2v) is 4.81. The lowest BCUT2D eigenvalue weighted by atomic mass is 10.1. The number of benzene rings is 2. The first-order valence-electron chi connectivity index (χ1n) is 5.86. The topological polar surface area (TPSA) is 35.5 Å². The maximum atomic E-state index is 11.3. The van der Waals surface area contributed by atoms with Crippen LogP contribution in [0.25, 0.3) is 0 Å². The first kappa shape index (κ1) is 14.7. The zero-order chi connectivity index (χ0) is 14.5. The highest BCUT2D eigenvalue weighted by Crippen LogP contribution is 2.31. The Labute approximate surface area is 127 Å². The largest absolute Gasteiger partial charge is 0.487 e. The number of halogens is 2. The Balaban J connectivity index is 2.04. The maximum Gasteiger partial charge on any atom is 0.337 e. The van der Waals surface area contributed by atoms with E-state index in [1.165, 1.54) is 7.11 Å². The van der Waals surface area contributed by atoms with Crippen molar-refractivity contribution >= 4 is 29.2 Å². The predicted molar refractivity (Wildman–Crippen MR) is 78.6 cm³/mol. The van der Waals surface area contributed by atoms with Crippen LogP contribution < -0.4 is 4.74 Å². The SMILES string of the molecule is COC(=O)c1ccc(COc2cccc(Cl)c2Cl)cc1. The van der Waals surface area contributed by atoms with Crippen LogP contribution in [-0.4, -0.2) is 13.1 Å². The lowest BCUT2D eigenvalue weighted by Crippen LogP contribution is -2.02. The van der Waals surface area contributed by atoms with Crippen LogP contribution in [0, 0.1) is 0 Å². The quantitative estimate of drug-likeness (QED) is 0.787. The molecule has 0 N–H and O–H groups in total.